The molecule has 0 saturated carbocycles. The van der Waals surface area contributed by atoms with Crippen LogP contribution in [0.1, 0.15) is 46.7 Å². The molecular weight excluding hydrogens is 533 g/mol. The maximum Gasteiger partial charge on any atom is 0.137 e. The fraction of sp³-hybridized carbons (Fsp3) is 0.162. The zero-order valence-electron chi connectivity index (χ0n) is 24.4. The first-order chi connectivity index (χ1) is 20.2. The molecule has 0 spiro atoms. The van der Waals surface area contributed by atoms with Gasteiger partial charge in [-0.05, 0) is 103 Å². The van der Waals surface area contributed by atoms with Crippen molar-refractivity contribution in [2.24, 2.45) is 0 Å². The number of rotatable bonds is 5. The van der Waals surface area contributed by atoms with Gasteiger partial charge in [0.1, 0.15) is 23.5 Å². The number of thiophene rings is 1. The molecule has 42 heavy (non-hydrogen) atoms. The van der Waals surface area contributed by atoms with E-state index in [1.807, 2.05) is 18.2 Å². The summed E-state index contributed by atoms with van der Waals surface area (Å²) in [7, 11) is 0. The predicted octanol–water partition coefficient (Wildman–Crippen LogP) is 9.94. The lowest BCUT2D eigenvalue weighted by Gasteiger charge is -2.28. The van der Waals surface area contributed by atoms with Crippen molar-refractivity contribution in [3.63, 3.8) is 0 Å². The monoisotopic (exact) mass is 562 g/mol. The molecule has 0 saturated heterocycles. The Morgan fingerprint density at radius 1 is 0.810 bits per heavy atom. The van der Waals surface area contributed by atoms with Crippen molar-refractivity contribution in [3.8, 4) is 33.7 Å². The molecule has 1 aliphatic rings. The molecule has 0 N–H and O–H groups in total. The molecule has 0 fully saturated rings. The Morgan fingerprint density at radius 3 is 2.10 bits per heavy atom. The molecule has 5 aromatic rings. The second-order valence-corrected chi connectivity index (χ2v) is 12.4. The number of anilines is 3. The van der Waals surface area contributed by atoms with Gasteiger partial charge in [0.2, 0.25) is 0 Å². The van der Waals surface area contributed by atoms with Gasteiger partial charge in [-0.1, -0.05) is 56.3 Å². The molecule has 0 radical (unpaired) electrons. The van der Waals surface area contributed by atoms with Gasteiger partial charge in [0, 0.05) is 32.1 Å². The van der Waals surface area contributed by atoms with Gasteiger partial charge in [0.15, 0.2) is 0 Å². The number of aryl methyl sites for hydroxylation is 2. The van der Waals surface area contributed by atoms with E-state index in [1.54, 1.807) is 17.4 Å². The fourth-order valence-corrected chi connectivity index (χ4v) is 7.02. The summed E-state index contributed by atoms with van der Waals surface area (Å²) in [5, 5.41) is 18.5. The van der Waals surface area contributed by atoms with Gasteiger partial charge >= 0.3 is 0 Å². The second kappa shape index (κ2) is 10.5. The summed E-state index contributed by atoms with van der Waals surface area (Å²) in [4.78, 5) is 9.65. The van der Waals surface area contributed by atoms with Crippen molar-refractivity contribution in [2.75, 3.05) is 4.90 Å². The van der Waals surface area contributed by atoms with Crippen LogP contribution in [-0.4, -0.2) is 4.98 Å². The molecule has 2 heterocycles. The van der Waals surface area contributed by atoms with Crippen LogP contribution in [0.25, 0.3) is 27.6 Å². The molecule has 0 bridgehead atoms. The number of allylic oxidation sites excluding steroid dienone is 1. The number of hydrogen-bond donors (Lipinski definition) is 0. The Hall–Kier alpha value is -4.97. The van der Waals surface area contributed by atoms with Crippen molar-refractivity contribution in [2.45, 2.75) is 40.0 Å². The van der Waals surface area contributed by atoms with E-state index < -0.39 is 0 Å². The molecule has 0 amide bonds. The van der Waals surface area contributed by atoms with Gasteiger partial charge in [-0.15, -0.1) is 11.3 Å². The Morgan fingerprint density at radius 2 is 1.45 bits per heavy atom. The van der Waals surface area contributed by atoms with Gasteiger partial charge in [0.25, 0.3) is 0 Å². The average molecular weight is 563 g/mol. The number of pyridine rings is 1. The van der Waals surface area contributed by atoms with E-state index in [9.17, 15) is 10.5 Å². The number of hydrogen-bond acceptors (Lipinski definition) is 5. The van der Waals surface area contributed by atoms with E-state index in [1.165, 1.54) is 33.4 Å². The third-order valence-corrected chi connectivity index (χ3v) is 9.42. The molecule has 4 nitrogen and oxygen atoms in total. The van der Waals surface area contributed by atoms with Crippen molar-refractivity contribution < 1.29 is 0 Å². The lowest BCUT2D eigenvalue weighted by molar-refractivity contribution is 0.638. The van der Waals surface area contributed by atoms with Crippen LogP contribution >= 0.6 is 11.3 Å². The quantitative estimate of drug-likeness (QED) is 0.200. The molecule has 2 aromatic heterocycles. The summed E-state index contributed by atoms with van der Waals surface area (Å²) in [6, 6.07) is 33.9. The van der Waals surface area contributed by atoms with Gasteiger partial charge in [-0.2, -0.15) is 10.5 Å². The minimum Gasteiger partial charge on any atom is -0.295 e. The van der Waals surface area contributed by atoms with Crippen LogP contribution in [0.2, 0.25) is 0 Å². The van der Waals surface area contributed by atoms with Crippen molar-refractivity contribution in [1.82, 2.24) is 4.98 Å². The number of benzene rings is 3. The van der Waals surface area contributed by atoms with Crippen LogP contribution in [0.5, 0.6) is 0 Å². The standard InChI is InChI=1S/C37H30N4S/c1-23-17-30(18-24(2)25(23)3)41(29-13-11-28(12-14-29)27-9-7-6-8-10-27)34-16-15-32-35-33(37(4,5)36(32)40-34)20-31(42-35)19-26(21-38)22-39/h6-20H,1-5H3. The highest BCUT2D eigenvalue weighted by Crippen LogP contribution is 2.53. The first-order valence-corrected chi connectivity index (χ1v) is 14.7. The van der Waals surface area contributed by atoms with Crippen LogP contribution in [-0.2, 0) is 5.41 Å². The van der Waals surface area contributed by atoms with Crippen molar-refractivity contribution in [3.05, 3.63) is 123 Å². The van der Waals surface area contributed by atoms with E-state index in [-0.39, 0.29) is 11.0 Å². The van der Waals surface area contributed by atoms with Crippen molar-refractivity contribution in [1.29, 1.82) is 10.5 Å². The van der Waals surface area contributed by atoms with E-state index in [2.05, 4.69) is 118 Å². The molecule has 5 heteroatoms. The van der Waals surface area contributed by atoms with Gasteiger partial charge in [-0.3, -0.25) is 4.90 Å². The Balaban J connectivity index is 1.48. The van der Waals surface area contributed by atoms with Crippen LogP contribution in [0.15, 0.2) is 90.5 Å². The highest BCUT2D eigenvalue weighted by molar-refractivity contribution is 7.16. The topological polar surface area (TPSA) is 63.7 Å². The fourth-order valence-electron chi connectivity index (χ4n) is 5.73. The number of nitrogens with zero attached hydrogens (tertiary/aromatic N) is 4. The molecule has 3 aromatic carbocycles. The van der Waals surface area contributed by atoms with E-state index >= 15 is 0 Å². The summed E-state index contributed by atoms with van der Waals surface area (Å²) < 4.78 is 0. The predicted molar refractivity (Wildman–Crippen MR) is 173 cm³/mol. The number of fused-ring (bicyclic) bond motifs is 3. The minimum absolute atomic E-state index is 0.110. The summed E-state index contributed by atoms with van der Waals surface area (Å²) in [6.07, 6.45) is 1.67. The third-order valence-electron chi connectivity index (χ3n) is 8.30. The Bertz CT molecular complexity index is 1910. The first kappa shape index (κ1) is 27.2. The summed E-state index contributed by atoms with van der Waals surface area (Å²) in [5.41, 5.74) is 11.4. The van der Waals surface area contributed by atoms with Crippen LogP contribution in [0.3, 0.4) is 0 Å². The largest absolute Gasteiger partial charge is 0.295 e. The lowest BCUT2D eigenvalue weighted by atomic mass is 9.86. The third kappa shape index (κ3) is 4.59. The molecule has 0 unspecified atom stereocenters. The zero-order chi connectivity index (χ0) is 29.6. The molecule has 0 atom stereocenters. The van der Waals surface area contributed by atoms with Gasteiger partial charge in [0.05, 0.1) is 5.69 Å². The van der Waals surface area contributed by atoms with Gasteiger partial charge < -0.3 is 0 Å². The number of aromatic nitrogens is 1. The smallest absolute Gasteiger partial charge is 0.137 e. The number of nitriles is 2. The Labute approximate surface area is 251 Å². The summed E-state index contributed by atoms with van der Waals surface area (Å²) in [5.74, 6) is 0.864. The van der Waals surface area contributed by atoms with E-state index in [4.69, 9.17) is 4.98 Å². The van der Waals surface area contributed by atoms with Gasteiger partial charge in [-0.25, -0.2) is 4.98 Å². The maximum absolute atomic E-state index is 9.24. The molecule has 1 aliphatic carbocycles. The van der Waals surface area contributed by atoms with Crippen LogP contribution < -0.4 is 4.90 Å². The average Bonchev–Trinajstić information content (AvgIpc) is 3.51. The summed E-state index contributed by atoms with van der Waals surface area (Å²) in [6.45, 7) is 10.9. The molecule has 0 aliphatic heterocycles. The SMILES string of the molecule is Cc1cc(N(c2ccc(-c3ccccc3)cc2)c2ccc3c(n2)C(C)(C)c2cc(C=C(C#N)C#N)sc2-3)cc(C)c1C. The second-order valence-electron chi connectivity index (χ2n) is 11.3. The highest BCUT2D eigenvalue weighted by Gasteiger charge is 2.39. The normalized spacial score (nSPS) is 12.5. The molecular formula is C37H30N4S. The minimum atomic E-state index is -0.329. The Kier molecular flexibility index (Phi) is 6.77. The molecule has 204 valence electrons. The highest BCUT2D eigenvalue weighted by atomic mass is 32.1. The lowest BCUT2D eigenvalue weighted by Crippen LogP contribution is -2.19. The molecule has 6 rings (SSSR count). The zero-order valence-corrected chi connectivity index (χ0v) is 25.2. The van der Waals surface area contributed by atoms with E-state index in [0.29, 0.717) is 0 Å². The van der Waals surface area contributed by atoms with Crippen molar-refractivity contribution >= 4 is 34.6 Å². The maximum atomic E-state index is 9.24. The van der Waals surface area contributed by atoms with Crippen LogP contribution in [0.4, 0.5) is 17.2 Å². The first-order valence-electron chi connectivity index (χ1n) is 13.9. The van der Waals surface area contributed by atoms with Crippen LogP contribution in [0, 0.1) is 43.4 Å². The summed E-state index contributed by atoms with van der Waals surface area (Å²) >= 11 is 1.61. The van der Waals surface area contributed by atoms with E-state index in [0.717, 1.165) is 38.2 Å².